The molecule has 4 fully saturated rings. The van der Waals surface area contributed by atoms with Gasteiger partial charge in [-0.25, -0.2) is 0 Å². The summed E-state index contributed by atoms with van der Waals surface area (Å²) in [5.74, 6) is 1.08. The van der Waals surface area contributed by atoms with Crippen LogP contribution in [0.1, 0.15) is 31.9 Å². The molecule has 0 aromatic heterocycles. The number of morpholine rings is 1. The molecule has 6 rings (SSSR count). The van der Waals surface area contributed by atoms with Gasteiger partial charge in [-0.2, -0.15) is 5.26 Å². The molecule has 9 nitrogen and oxygen atoms in total. The van der Waals surface area contributed by atoms with Gasteiger partial charge >= 0.3 is 0 Å². The fraction of sp³-hybridized carbons (Fsp3) is 0.609. The predicted octanol–water partition coefficient (Wildman–Crippen LogP) is 1.55. The van der Waals surface area contributed by atoms with Crippen molar-refractivity contribution in [3.63, 3.8) is 0 Å². The van der Waals surface area contributed by atoms with Crippen molar-refractivity contribution in [2.24, 2.45) is 5.41 Å². The number of thioether (sulfide) groups is 1. The van der Waals surface area contributed by atoms with Crippen LogP contribution < -0.4 is 9.47 Å². The third kappa shape index (κ3) is 2.73. The number of benzene rings is 1. The zero-order valence-corrected chi connectivity index (χ0v) is 19.5. The average Bonchev–Trinajstić information content (AvgIpc) is 3.49. The van der Waals surface area contributed by atoms with Crippen LogP contribution >= 0.6 is 11.8 Å². The summed E-state index contributed by atoms with van der Waals surface area (Å²) in [6, 6.07) is 7.43. The minimum absolute atomic E-state index is 0.0624. The molecule has 0 N–H and O–H groups in total. The van der Waals surface area contributed by atoms with Gasteiger partial charge in [0, 0.05) is 32.6 Å². The van der Waals surface area contributed by atoms with Gasteiger partial charge in [-0.1, -0.05) is 17.8 Å². The van der Waals surface area contributed by atoms with Gasteiger partial charge in [-0.3, -0.25) is 14.5 Å². The highest BCUT2D eigenvalue weighted by atomic mass is 32.2. The first kappa shape index (κ1) is 21.1. The Labute approximate surface area is 196 Å². The van der Waals surface area contributed by atoms with E-state index in [-0.39, 0.29) is 18.6 Å². The van der Waals surface area contributed by atoms with E-state index < -0.39 is 21.2 Å². The highest BCUT2D eigenvalue weighted by Crippen LogP contribution is 2.69. The molecule has 0 saturated carbocycles. The van der Waals surface area contributed by atoms with Crippen LogP contribution in [-0.2, 0) is 14.3 Å². The molecular formula is C23H26N4O5S. The zero-order chi connectivity index (χ0) is 23.0. The fourth-order valence-electron chi connectivity index (χ4n) is 6.01. The average molecular weight is 471 g/mol. The molecule has 33 heavy (non-hydrogen) atoms. The molecule has 2 amide bonds. The maximum absolute atomic E-state index is 13.9. The third-order valence-corrected chi connectivity index (χ3v) is 9.29. The first-order valence-electron chi connectivity index (χ1n) is 11.3. The second-order valence-corrected chi connectivity index (χ2v) is 11.4. The summed E-state index contributed by atoms with van der Waals surface area (Å²) in [7, 11) is 0. The number of hydrogen-bond donors (Lipinski definition) is 0. The third-order valence-electron chi connectivity index (χ3n) is 7.65. The van der Waals surface area contributed by atoms with Gasteiger partial charge in [0.1, 0.15) is 0 Å². The second-order valence-electron chi connectivity index (χ2n) is 9.68. The summed E-state index contributed by atoms with van der Waals surface area (Å²) >= 11 is 1.41. The number of carbonyl (C=O) groups is 2. The van der Waals surface area contributed by atoms with Crippen LogP contribution in [0.2, 0.25) is 0 Å². The molecule has 1 spiro atoms. The molecule has 5 heterocycles. The number of fused-ring (bicyclic) bond motifs is 2. The van der Waals surface area contributed by atoms with Crippen molar-refractivity contribution in [1.29, 1.82) is 5.26 Å². The van der Waals surface area contributed by atoms with Crippen molar-refractivity contribution in [3.05, 3.63) is 23.8 Å². The first-order chi connectivity index (χ1) is 15.8. The highest BCUT2D eigenvalue weighted by Gasteiger charge is 2.79. The molecule has 10 heteroatoms. The summed E-state index contributed by atoms with van der Waals surface area (Å²) in [6.07, 6.45) is 0.300. The van der Waals surface area contributed by atoms with Crippen LogP contribution in [0.5, 0.6) is 11.5 Å². The Morgan fingerprint density at radius 2 is 1.88 bits per heavy atom. The van der Waals surface area contributed by atoms with Crippen LogP contribution in [0.4, 0.5) is 0 Å². The lowest BCUT2D eigenvalue weighted by Gasteiger charge is -2.42. The Morgan fingerprint density at radius 1 is 1.12 bits per heavy atom. The normalized spacial score (nSPS) is 37.1. The van der Waals surface area contributed by atoms with E-state index >= 15 is 0 Å². The fourth-order valence-corrected chi connectivity index (χ4v) is 8.00. The molecule has 1 aromatic carbocycles. The minimum Gasteiger partial charge on any atom is -0.454 e. The molecule has 0 unspecified atom stereocenters. The van der Waals surface area contributed by atoms with Crippen molar-refractivity contribution >= 4 is 23.6 Å². The Morgan fingerprint density at radius 3 is 2.64 bits per heavy atom. The van der Waals surface area contributed by atoms with E-state index in [1.165, 1.54) is 11.8 Å². The molecule has 5 aliphatic rings. The van der Waals surface area contributed by atoms with Gasteiger partial charge < -0.3 is 24.0 Å². The van der Waals surface area contributed by atoms with Crippen LogP contribution in [0.25, 0.3) is 0 Å². The Balaban J connectivity index is 1.34. The summed E-state index contributed by atoms with van der Waals surface area (Å²) in [6.45, 7) is 8.08. The highest BCUT2D eigenvalue weighted by molar-refractivity contribution is 8.04. The summed E-state index contributed by atoms with van der Waals surface area (Å²) < 4.78 is 16.4. The Hall–Kier alpha value is -2.48. The number of amides is 2. The maximum Gasteiger partial charge on any atom is 0.261 e. The molecular weight excluding hydrogens is 444 g/mol. The van der Waals surface area contributed by atoms with Crippen molar-refractivity contribution in [2.75, 3.05) is 46.2 Å². The molecule has 174 valence electrons. The minimum atomic E-state index is -1.05. The molecule has 2 bridgehead atoms. The number of carbonyl (C=O) groups excluding carboxylic acids is 2. The predicted molar refractivity (Wildman–Crippen MR) is 118 cm³/mol. The Bertz CT molecular complexity index is 1090. The van der Waals surface area contributed by atoms with E-state index in [1.807, 2.05) is 32.0 Å². The van der Waals surface area contributed by atoms with Gasteiger partial charge in [0.15, 0.2) is 21.2 Å². The molecule has 5 aliphatic heterocycles. The van der Waals surface area contributed by atoms with Crippen LogP contribution in [0, 0.1) is 16.7 Å². The van der Waals surface area contributed by atoms with Crippen molar-refractivity contribution in [3.8, 4) is 17.6 Å². The van der Waals surface area contributed by atoms with Crippen LogP contribution in [0.3, 0.4) is 0 Å². The molecule has 4 atom stereocenters. The van der Waals surface area contributed by atoms with Gasteiger partial charge in [-0.05, 0) is 31.5 Å². The van der Waals surface area contributed by atoms with Gasteiger partial charge in [0.25, 0.3) is 11.8 Å². The quantitative estimate of drug-likeness (QED) is 0.654. The maximum atomic E-state index is 13.9. The summed E-state index contributed by atoms with van der Waals surface area (Å²) in [5, 5.41) is 10.2. The standard InChI is InChI=1S/C23H26N4O5S/c1-21(13-24)12-23-20(29)26(6-5-25-7-9-30-10-8-25)22(2,33-23)19(28)27(23)18(21)15-3-4-16-17(11-15)32-14-31-16/h3-4,11,18H,5-10,12,14H2,1-2H3/t18-,21+,22-,23-/m0/s1. The number of ether oxygens (including phenoxy) is 3. The topological polar surface area (TPSA) is 95.3 Å². The van der Waals surface area contributed by atoms with Crippen LogP contribution in [0.15, 0.2) is 18.2 Å². The van der Waals surface area contributed by atoms with E-state index in [9.17, 15) is 14.9 Å². The van der Waals surface area contributed by atoms with E-state index in [1.54, 1.807) is 9.80 Å². The lowest BCUT2D eigenvalue weighted by molar-refractivity contribution is -0.161. The monoisotopic (exact) mass is 470 g/mol. The van der Waals surface area contributed by atoms with Gasteiger partial charge in [0.05, 0.1) is 30.7 Å². The number of piperazine rings is 1. The van der Waals surface area contributed by atoms with E-state index in [2.05, 4.69) is 11.0 Å². The number of nitriles is 1. The van der Waals surface area contributed by atoms with Crippen LogP contribution in [-0.4, -0.2) is 82.4 Å². The van der Waals surface area contributed by atoms with E-state index in [0.29, 0.717) is 44.2 Å². The summed E-state index contributed by atoms with van der Waals surface area (Å²) in [5.41, 5.74) is -0.119. The van der Waals surface area contributed by atoms with E-state index in [0.717, 1.165) is 18.7 Å². The zero-order valence-electron chi connectivity index (χ0n) is 18.7. The number of rotatable bonds is 4. The SMILES string of the molecule is C[C@]1(C#N)C[C@@]23S[C@@](C)(C(=O)N2[C@H]1c1ccc2c(c1)OCO2)N(CCN1CCOCC1)C3=O. The van der Waals surface area contributed by atoms with Gasteiger partial charge in [0.2, 0.25) is 6.79 Å². The van der Waals surface area contributed by atoms with Gasteiger partial charge in [-0.15, -0.1) is 0 Å². The van der Waals surface area contributed by atoms with Crippen molar-refractivity contribution in [2.45, 2.75) is 36.1 Å². The first-order valence-corrected chi connectivity index (χ1v) is 12.1. The lowest BCUT2D eigenvalue weighted by atomic mass is 9.79. The number of nitrogens with zero attached hydrogens (tertiary/aromatic N) is 4. The largest absolute Gasteiger partial charge is 0.454 e. The molecule has 0 aliphatic carbocycles. The smallest absolute Gasteiger partial charge is 0.261 e. The van der Waals surface area contributed by atoms with Crippen molar-refractivity contribution < 1.29 is 23.8 Å². The lowest BCUT2D eigenvalue weighted by Crippen LogP contribution is -2.63. The molecule has 4 saturated heterocycles. The number of hydrogen-bond acceptors (Lipinski definition) is 8. The molecule has 1 aromatic rings. The van der Waals surface area contributed by atoms with E-state index in [4.69, 9.17) is 14.2 Å². The second kappa shape index (κ2) is 7.01. The van der Waals surface area contributed by atoms with Crippen molar-refractivity contribution in [1.82, 2.24) is 14.7 Å². The summed E-state index contributed by atoms with van der Waals surface area (Å²) in [4.78, 5) is 31.5. The Kier molecular flexibility index (Phi) is 4.48. The molecule has 0 radical (unpaired) electrons.